The maximum Gasteiger partial charge on any atom is 0.416 e. The van der Waals surface area contributed by atoms with E-state index >= 15 is 0 Å². The normalized spacial score (nSPS) is 12.2. The Morgan fingerprint density at radius 2 is 1.88 bits per heavy atom. The number of hydrogen-bond donors (Lipinski definition) is 1. The Bertz CT molecular complexity index is 1170. The van der Waals surface area contributed by atoms with Crippen molar-refractivity contribution in [3.8, 4) is 5.69 Å². The molecule has 5 nitrogen and oxygen atoms in total. The Labute approximate surface area is 144 Å². The topological polar surface area (TPSA) is 60.1 Å². The van der Waals surface area contributed by atoms with Crippen LogP contribution in [0.4, 0.5) is 13.2 Å². The Balaban J connectivity index is 2.07. The summed E-state index contributed by atoms with van der Waals surface area (Å²) in [7, 11) is 1.70. The number of carboxylic acids is 1. The fourth-order valence-electron chi connectivity index (χ4n) is 3.11. The molecule has 0 atom stereocenters. The van der Waals surface area contributed by atoms with Crippen molar-refractivity contribution in [3.63, 3.8) is 0 Å². The van der Waals surface area contributed by atoms with Crippen molar-refractivity contribution < 1.29 is 23.1 Å². The molecule has 0 aliphatic rings. The molecule has 0 saturated heterocycles. The second-order valence-electron chi connectivity index (χ2n) is 5.96. The molecule has 0 amide bonds. The number of carboxylic acid groups (broad SMARTS) is 1. The molecule has 1 N–H and O–H groups in total. The van der Waals surface area contributed by atoms with Crippen molar-refractivity contribution in [1.82, 2.24) is 14.3 Å². The summed E-state index contributed by atoms with van der Waals surface area (Å²) in [6.07, 6.45) is -2.74. The zero-order valence-corrected chi connectivity index (χ0v) is 13.4. The lowest BCUT2D eigenvalue weighted by Gasteiger charge is -2.11. The third-order valence-electron chi connectivity index (χ3n) is 4.23. The van der Waals surface area contributed by atoms with Crippen molar-refractivity contribution >= 4 is 27.9 Å². The van der Waals surface area contributed by atoms with E-state index in [0.29, 0.717) is 27.6 Å². The van der Waals surface area contributed by atoms with Gasteiger partial charge in [0.15, 0.2) is 5.65 Å². The van der Waals surface area contributed by atoms with Crippen LogP contribution in [0.1, 0.15) is 15.9 Å². The Morgan fingerprint density at radius 1 is 1.12 bits per heavy atom. The Hall–Kier alpha value is -3.29. The van der Waals surface area contributed by atoms with Gasteiger partial charge in [0.05, 0.1) is 16.6 Å². The summed E-state index contributed by atoms with van der Waals surface area (Å²) in [6, 6.07) is 9.48. The lowest BCUT2D eigenvalue weighted by molar-refractivity contribution is -0.137. The number of aryl methyl sites for hydroxylation is 1. The predicted molar refractivity (Wildman–Crippen MR) is 89.5 cm³/mol. The van der Waals surface area contributed by atoms with Gasteiger partial charge in [-0.1, -0.05) is 6.07 Å². The second kappa shape index (κ2) is 5.35. The Kier molecular flexibility index (Phi) is 3.33. The quantitative estimate of drug-likeness (QED) is 0.583. The van der Waals surface area contributed by atoms with E-state index < -0.39 is 17.7 Å². The van der Waals surface area contributed by atoms with Crippen molar-refractivity contribution in [2.75, 3.05) is 0 Å². The minimum absolute atomic E-state index is 0.101. The molecule has 0 aliphatic carbocycles. The molecule has 2 heterocycles. The molecule has 0 radical (unpaired) electrons. The molecule has 132 valence electrons. The molecule has 0 spiro atoms. The van der Waals surface area contributed by atoms with E-state index in [1.165, 1.54) is 18.2 Å². The van der Waals surface area contributed by atoms with Gasteiger partial charge in [0, 0.05) is 29.7 Å². The molecule has 4 rings (SSSR count). The Morgan fingerprint density at radius 3 is 2.58 bits per heavy atom. The number of carbonyl (C=O) groups is 1. The van der Waals surface area contributed by atoms with E-state index in [1.54, 1.807) is 34.6 Å². The van der Waals surface area contributed by atoms with Gasteiger partial charge in [-0.15, -0.1) is 0 Å². The molecule has 4 aromatic rings. The number of halogens is 3. The summed E-state index contributed by atoms with van der Waals surface area (Å²) >= 11 is 0. The van der Waals surface area contributed by atoms with Crippen LogP contribution in [-0.4, -0.2) is 25.4 Å². The number of aromatic nitrogens is 3. The minimum atomic E-state index is -4.46. The van der Waals surface area contributed by atoms with Crippen LogP contribution in [0.15, 0.2) is 48.7 Å². The van der Waals surface area contributed by atoms with Gasteiger partial charge in [-0.05, 0) is 36.4 Å². The first-order valence-electron chi connectivity index (χ1n) is 7.64. The van der Waals surface area contributed by atoms with Gasteiger partial charge < -0.3 is 5.11 Å². The number of rotatable bonds is 2. The first kappa shape index (κ1) is 16.2. The van der Waals surface area contributed by atoms with E-state index in [2.05, 4.69) is 5.10 Å². The monoisotopic (exact) mass is 359 g/mol. The van der Waals surface area contributed by atoms with E-state index in [-0.39, 0.29) is 5.56 Å². The fourth-order valence-corrected chi connectivity index (χ4v) is 3.11. The van der Waals surface area contributed by atoms with Gasteiger partial charge in [-0.2, -0.15) is 18.3 Å². The summed E-state index contributed by atoms with van der Waals surface area (Å²) in [6.45, 7) is 0. The van der Waals surface area contributed by atoms with Gasteiger partial charge in [-0.3, -0.25) is 9.25 Å². The van der Waals surface area contributed by atoms with Crippen LogP contribution in [-0.2, 0) is 13.2 Å². The third-order valence-corrected chi connectivity index (χ3v) is 4.23. The van der Waals surface area contributed by atoms with Crippen LogP contribution >= 0.6 is 0 Å². The summed E-state index contributed by atoms with van der Waals surface area (Å²) in [5.74, 6) is -1.07. The number of alkyl halides is 3. The molecule has 0 saturated carbocycles. The molecular formula is C18H12F3N3O2. The van der Waals surface area contributed by atoms with Gasteiger partial charge in [0.25, 0.3) is 0 Å². The number of fused-ring (bicyclic) bond motifs is 3. The van der Waals surface area contributed by atoms with Gasteiger partial charge in [0.2, 0.25) is 0 Å². The van der Waals surface area contributed by atoms with Crippen molar-refractivity contribution in [3.05, 3.63) is 59.8 Å². The second-order valence-corrected chi connectivity index (χ2v) is 5.96. The highest BCUT2D eigenvalue weighted by atomic mass is 19.4. The summed E-state index contributed by atoms with van der Waals surface area (Å²) in [4.78, 5) is 11.3. The van der Waals surface area contributed by atoms with Crippen LogP contribution < -0.4 is 0 Å². The maximum absolute atomic E-state index is 13.1. The molecule has 2 aromatic carbocycles. The zero-order valence-electron chi connectivity index (χ0n) is 13.4. The lowest BCUT2D eigenvalue weighted by atomic mass is 10.1. The molecule has 26 heavy (non-hydrogen) atoms. The van der Waals surface area contributed by atoms with Gasteiger partial charge in [0.1, 0.15) is 0 Å². The van der Waals surface area contributed by atoms with Gasteiger partial charge >= 0.3 is 12.1 Å². The summed E-state index contributed by atoms with van der Waals surface area (Å²) in [5, 5.41) is 14.8. The zero-order chi connectivity index (χ0) is 18.6. The van der Waals surface area contributed by atoms with Crippen LogP contribution in [0.3, 0.4) is 0 Å². The van der Waals surface area contributed by atoms with Crippen LogP contribution in [0.5, 0.6) is 0 Å². The number of aromatic carboxylic acids is 1. The molecule has 2 aromatic heterocycles. The SMILES string of the molecule is Cn1cc2c3cc(C(=O)O)ccc3n(-c3cccc(C(F)(F)F)c3)c2n1. The van der Waals surface area contributed by atoms with Crippen LogP contribution in [0, 0.1) is 0 Å². The van der Waals surface area contributed by atoms with E-state index in [1.807, 2.05) is 0 Å². The highest BCUT2D eigenvalue weighted by Gasteiger charge is 2.31. The molecular weight excluding hydrogens is 347 g/mol. The molecule has 0 fully saturated rings. The van der Waals surface area contributed by atoms with Crippen LogP contribution in [0.25, 0.3) is 27.6 Å². The summed E-state index contributed by atoms with van der Waals surface area (Å²) in [5.41, 5.74) is 0.700. The average Bonchev–Trinajstić information content (AvgIpc) is 3.08. The largest absolute Gasteiger partial charge is 0.478 e. The number of benzene rings is 2. The number of nitrogens with zero attached hydrogens (tertiary/aromatic N) is 3. The fraction of sp³-hybridized carbons (Fsp3) is 0.111. The van der Waals surface area contributed by atoms with Crippen molar-refractivity contribution in [2.45, 2.75) is 6.18 Å². The number of hydrogen-bond acceptors (Lipinski definition) is 2. The lowest BCUT2D eigenvalue weighted by Crippen LogP contribution is -2.06. The van der Waals surface area contributed by atoms with E-state index in [9.17, 15) is 23.1 Å². The van der Waals surface area contributed by atoms with Crippen LogP contribution in [0.2, 0.25) is 0 Å². The first-order valence-corrected chi connectivity index (χ1v) is 7.64. The maximum atomic E-state index is 13.1. The minimum Gasteiger partial charge on any atom is -0.478 e. The third kappa shape index (κ3) is 2.42. The standard InChI is InChI=1S/C18H12F3N3O2/c1-23-9-14-13-7-10(17(25)26)5-6-15(13)24(16(14)22-23)12-4-2-3-11(8-12)18(19,20)21/h2-9H,1H3,(H,25,26). The van der Waals surface area contributed by atoms with E-state index in [4.69, 9.17) is 0 Å². The average molecular weight is 359 g/mol. The molecule has 0 unspecified atom stereocenters. The highest BCUT2D eigenvalue weighted by Crippen LogP contribution is 2.34. The van der Waals surface area contributed by atoms with Gasteiger partial charge in [-0.25, -0.2) is 4.79 Å². The smallest absolute Gasteiger partial charge is 0.416 e. The predicted octanol–water partition coefficient (Wildman–Crippen LogP) is 4.23. The van der Waals surface area contributed by atoms with E-state index in [0.717, 1.165) is 12.1 Å². The highest BCUT2D eigenvalue weighted by molar-refractivity contribution is 6.09. The molecule has 8 heteroatoms. The van der Waals surface area contributed by atoms with Crippen molar-refractivity contribution in [2.24, 2.45) is 7.05 Å². The first-order chi connectivity index (χ1) is 12.3. The summed E-state index contributed by atoms with van der Waals surface area (Å²) < 4.78 is 42.4. The molecule has 0 bridgehead atoms. The van der Waals surface area contributed by atoms with Crippen molar-refractivity contribution in [1.29, 1.82) is 0 Å². The molecule has 0 aliphatic heterocycles.